The van der Waals surface area contributed by atoms with Gasteiger partial charge in [0.2, 0.25) is 0 Å². The van der Waals surface area contributed by atoms with Crippen LogP contribution >= 0.6 is 0 Å². The molecule has 2 aromatic rings. The van der Waals surface area contributed by atoms with Gasteiger partial charge in [-0.2, -0.15) is 0 Å². The molecule has 1 atom stereocenters. The second-order valence-corrected chi connectivity index (χ2v) is 5.76. The van der Waals surface area contributed by atoms with Crippen molar-refractivity contribution in [2.24, 2.45) is 7.05 Å². The smallest absolute Gasteiger partial charge is 0.127 e. The number of hydrogen-bond donors (Lipinski definition) is 1. The number of rotatable bonds is 4. The third kappa shape index (κ3) is 3.17. The molecule has 3 rings (SSSR count). The second kappa shape index (κ2) is 6.41. The van der Waals surface area contributed by atoms with Crippen LogP contribution in [0.5, 0.6) is 0 Å². The number of aryl methyl sites for hydroxylation is 2. The van der Waals surface area contributed by atoms with Crippen molar-refractivity contribution >= 4 is 0 Å². The quantitative estimate of drug-likeness (QED) is 0.933. The van der Waals surface area contributed by atoms with Gasteiger partial charge in [0.15, 0.2) is 0 Å². The first kappa shape index (κ1) is 14.3. The molecule has 1 aliphatic heterocycles. The van der Waals surface area contributed by atoms with Crippen LogP contribution in [0.2, 0.25) is 0 Å². The summed E-state index contributed by atoms with van der Waals surface area (Å²) >= 11 is 0. The fourth-order valence-electron chi connectivity index (χ4n) is 3.00. The predicted octanol–water partition coefficient (Wildman–Crippen LogP) is 2.13. The number of benzene rings is 1. The Morgan fingerprint density at radius 2 is 2.00 bits per heavy atom. The highest BCUT2D eigenvalue weighted by Crippen LogP contribution is 2.22. The van der Waals surface area contributed by atoms with Crippen molar-refractivity contribution in [3.05, 3.63) is 53.6 Å². The Labute approximate surface area is 126 Å². The predicted molar refractivity (Wildman–Crippen MR) is 85.0 cm³/mol. The highest BCUT2D eigenvalue weighted by Gasteiger charge is 2.26. The van der Waals surface area contributed by atoms with Crippen molar-refractivity contribution in [3.8, 4) is 0 Å². The van der Waals surface area contributed by atoms with Gasteiger partial charge in [0.1, 0.15) is 5.82 Å². The van der Waals surface area contributed by atoms with Crippen LogP contribution < -0.4 is 5.32 Å². The maximum atomic E-state index is 4.54. The molecule has 4 heteroatoms. The van der Waals surface area contributed by atoms with Gasteiger partial charge < -0.3 is 9.88 Å². The molecule has 1 fully saturated rings. The minimum atomic E-state index is 0.351. The summed E-state index contributed by atoms with van der Waals surface area (Å²) in [6.45, 7) is 6.27. The molecule has 112 valence electrons. The van der Waals surface area contributed by atoms with E-state index in [9.17, 15) is 0 Å². The van der Waals surface area contributed by atoms with Crippen LogP contribution in [0, 0.1) is 0 Å². The number of hydrogen-bond acceptors (Lipinski definition) is 3. The van der Waals surface area contributed by atoms with E-state index >= 15 is 0 Å². The first-order valence-electron chi connectivity index (χ1n) is 7.77. The van der Waals surface area contributed by atoms with Crippen LogP contribution in [-0.4, -0.2) is 34.1 Å². The van der Waals surface area contributed by atoms with Crippen molar-refractivity contribution < 1.29 is 0 Å². The van der Waals surface area contributed by atoms with Gasteiger partial charge in [0.25, 0.3) is 0 Å². The first-order chi connectivity index (χ1) is 10.3. The number of aromatic nitrogens is 2. The zero-order chi connectivity index (χ0) is 14.7. The normalized spacial score (nSPS) is 19.8. The lowest BCUT2D eigenvalue weighted by molar-refractivity contribution is 0.145. The molecule has 2 heterocycles. The second-order valence-electron chi connectivity index (χ2n) is 5.76. The van der Waals surface area contributed by atoms with E-state index in [2.05, 4.69) is 58.0 Å². The zero-order valence-corrected chi connectivity index (χ0v) is 12.9. The molecule has 0 saturated carbocycles. The number of nitrogens with zero attached hydrogens (tertiary/aromatic N) is 3. The van der Waals surface area contributed by atoms with Gasteiger partial charge in [-0.25, -0.2) is 4.98 Å². The van der Waals surface area contributed by atoms with Crippen LogP contribution in [0.15, 0.2) is 36.7 Å². The fourth-order valence-corrected chi connectivity index (χ4v) is 3.00. The summed E-state index contributed by atoms with van der Waals surface area (Å²) in [6, 6.07) is 9.36. The SMILES string of the molecule is CCc1ccc(CN2CCNCC2c2nccn2C)cc1. The van der Waals surface area contributed by atoms with E-state index < -0.39 is 0 Å². The first-order valence-corrected chi connectivity index (χ1v) is 7.77. The van der Waals surface area contributed by atoms with Crippen LogP contribution in [0.3, 0.4) is 0 Å². The van der Waals surface area contributed by atoms with Crippen molar-refractivity contribution in [1.82, 2.24) is 19.8 Å². The Morgan fingerprint density at radius 1 is 1.24 bits per heavy atom. The van der Waals surface area contributed by atoms with E-state index in [4.69, 9.17) is 0 Å². The number of imidazole rings is 1. The summed E-state index contributed by atoms with van der Waals surface area (Å²) in [5.74, 6) is 1.15. The maximum Gasteiger partial charge on any atom is 0.127 e. The molecule has 0 spiro atoms. The summed E-state index contributed by atoms with van der Waals surface area (Å²) in [6.07, 6.45) is 5.01. The fraction of sp³-hybridized carbons (Fsp3) is 0.471. The van der Waals surface area contributed by atoms with Gasteiger partial charge in [-0.3, -0.25) is 4.90 Å². The lowest BCUT2D eigenvalue weighted by Crippen LogP contribution is -2.46. The molecule has 0 radical (unpaired) electrons. The Bertz CT molecular complexity index is 573. The summed E-state index contributed by atoms with van der Waals surface area (Å²) < 4.78 is 2.13. The van der Waals surface area contributed by atoms with Crippen LogP contribution in [0.1, 0.15) is 29.9 Å². The third-order valence-corrected chi connectivity index (χ3v) is 4.33. The van der Waals surface area contributed by atoms with Crippen molar-refractivity contribution in [1.29, 1.82) is 0 Å². The molecule has 1 aliphatic rings. The molecule has 1 unspecified atom stereocenters. The standard InChI is InChI=1S/C17H24N4/c1-3-14-4-6-15(7-5-14)13-21-11-8-18-12-16(21)17-19-9-10-20(17)2/h4-7,9-10,16,18H,3,8,11-13H2,1-2H3. The Hall–Kier alpha value is -1.65. The van der Waals surface area contributed by atoms with Gasteiger partial charge in [-0.15, -0.1) is 0 Å². The van der Waals surface area contributed by atoms with Crippen LogP contribution in [0.25, 0.3) is 0 Å². The number of nitrogens with one attached hydrogen (secondary N) is 1. The molecule has 1 N–H and O–H groups in total. The lowest BCUT2D eigenvalue weighted by atomic mass is 10.1. The highest BCUT2D eigenvalue weighted by atomic mass is 15.3. The van der Waals surface area contributed by atoms with Crippen LogP contribution in [0.4, 0.5) is 0 Å². The average Bonchev–Trinajstić information content (AvgIpc) is 2.95. The zero-order valence-electron chi connectivity index (χ0n) is 12.9. The largest absolute Gasteiger partial charge is 0.337 e. The Balaban J connectivity index is 1.76. The molecule has 0 amide bonds. The molecule has 1 aromatic carbocycles. The van der Waals surface area contributed by atoms with Crippen molar-refractivity contribution in [3.63, 3.8) is 0 Å². The van der Waals surface area contributed by atoms with E-state index in [1.165, 1.54) is 11.1 Å². The summed E-state index contributed by atoms with van der Waals surface area (Å²) in [5, 5.41) is 3.49. The molecule has 21 heavy (non-hydrogen) atoms. The minimum Gasteiger partial charge on any atom is -0.337 e. The lowest BCUT2D eigenvalue weighted by Gasteiger charge is -2.35. The Morgan fingerprint density at radius 3 is 2.67 bits per heavy atom. The van der Waals surface area contributed by atoms with Gasteiger partial charge in [0.05, 0.1) is 6.04 Å². The summed E-state index contributed by atoms with van der Waals surface area (Å²) in [7, 11) is 2.07. The van der Waals surface area contributed by atoms with E-state index in [1.807, 2.05) is 12.4 Å². The van der Waals surface area contributed by atoms with Gasteiger partial charge in [-0.1, -0.05) is 31.2 Å². The number of piperazine rings is 1. The summed E-state index contributed by atoms with van der Waals surface area (Å²) in [4.78, 5) is 7.07. The molecule has 1 aromatic heterocycles. The minimum absolute atomic E-state index is 0.351. The van der Waals surface area contributed by atoms with E-state index in [0.29, 0.717) is 6.04 Å². The van der Waals surface area contributed by atoms with E-state index in [1.54, 1.807) is 0 Å². The van der Waals surface area contributed by atoms with Gasteiger partial charge >= 0.3 is 0 Å². The molecule has 0 aliphatic carbocycles. The van der Waals surface area contributed by atoms with E-state index in [0.717, 1.165) is 38.4 Å². The Kier molecular flexibility index (Phi) is 4.36. The topological polar surface area (TPSA) is 33.1 Å². The monoisotopic (exact) mass is 284 g/mol. The van der Waals surface area contributed by atoms with E-state index in [-0.39, 0.29) is 0 Å². The van der Waals surface area contributed by atoms with Gasteiger partial charge in [0, 0.05) is 45.6 Å². The van der Waals surface area contributed by atoms with Crippen LogP contribution in [-0.2, 0) is 20.0 Å². The highest BCUT2D eigenvalue weighted by molar-refractivity contribution is 5.22. The van der Waals surface area contributed by atoms with Crippen molar-refractivity contribution in [2.75, 3.05) is 19.6 Å². The molecule has 0 bridgehead atoms. The van der Waals surface area contributed by atoms with Gasteiger partial charge in [-0.05, 0) is 17.5 Å². The molecule has 1 saturated heterocycles. The maximum absolute atomic E-state index is 4.54. The average molecular weight is 284 g/mol. The summed E-state index contributed by atoms with van der Waals surface area (Å²) in [5.41, 5.74) is 2.79. The van der Waals surface area contributed by atoms with Crippen molar-refractivity contribution in [2.45, 2.75) is 25.9 Å². The third-order valence-electron chi connectivity index (χ3n) is 4.33. The molecule has 4 nitrogen and oxygen atoms in total. The molecular weight excluding hydrogens is 260 g/mol. The molecular formula is C17H24N4.